The molecule has 0 spiro atoms. The summed E-state index contributed by atoms with van der Waals surface area (Å²) in [6.45, 7) is 5.85. The quantitative estimate of drug-likeness (QED) is 0.764. The summed E-state index contributed by atoms with van der Waals surface area (Å²) in [5.41, 5.74) is 0. The topological polar surface area (TPSA) is 54.0 Å². The molecule has 0 aliphatic heterocycles. The zero-order chi connectivity index (χ0) is 11.1. The van der Waals surface area contributed by atoms with Gasteiger partial charge in [-0.1, -0.05) is 6.92 Å². The predicted octanol–water partition coefficient (Wildman–Crippen LogP) is 1.07. The van der Waals surface area contributed by atoms with Crippen LogP contribution in [0.3, 0.4) is 0 Å². The molecule has 1 aromatic rings. The van der Waals surface area contributed by atoms with Gasteiger partial charge in [0.1, 0.15) is 0 Å². The number of rotatable bonds is 6. The Morgan fingerprint density at radius 2 is 2.40 bits per heavy atom. The number of hydrogen-bond acceptors (Lipinski definition) is 4. The van der Waals surface area contributed by atoms with E-state index in [0.29, 0.717) is 13.1 Å². The van der Waals surface area contributed by atoms with E-state index in [2.05, 4.69) is 15.6 Å². The summed E-state index contributed by atoms with van der Waals surface area (Å²) in [6.07, 6.45) is 2.82. The maximum Gasteiger partial charge on any atom is 0.233 e. The second kappa shape index (κ2) is 6.53. The van der Waals surface area contributed by atoms with E-state index in [0.717, 1.165) is 22.9 Å². The zero-order valence-electron chi connectivity index (χ0n) is 9.17. The molecule has 0 aromatic carbocycles. The molecule has 0 saturated heterocycles. The van der Waals surface area contributed by atoms with E-state index < -0.39 is 0 Å². The standard InChI is InChI=1S/C10H17N3OS/c1-3-4-12-10(14)7-11-5-9-6-13-8(2)15-9/h6,11H,3-5,7H2,1-2H3,(H,12,14). The van der Waals surface area contributed by atoms with Crippen LogP contribution < -0.4 is 10.6 Å². The van der Waals surface area contributed by atoms with Crippen LogP contribution in [-0.4, -0.2) is 24.0 Å². The van der Waals surface area contributed by atoms with Crippen LogP contribution in [0.25, 0.3) is 0 Å². The lowest BCUT2D eigenvalue weighted by molar-refractivity contribution is -0.120. The minimum Gasteiger partial charge on any atom is -0.355 e. The van der Waals surface area contributed by atoms with E-state index in [1.54, 1.807) is 11.3 Å². The van der Waals surface area contributed by atoms with Gasteiger partial charge in [-0.3, -0.25) is 4.79 Å². The van der Waals surface area contributed by atoms with E-state index in [1.807, 2.05) is 20.0 Å². The average molecular weight is 227 g/mol. The lowest BCUT2D eigenvalue weighted by atomic mass is 10.4. The van der Waals surface area contributed by atoms with Crippen LogP contribution in [0.4, 0.5) is 0 Å². The van der Waals surface area contributed by atoms with Gasteiger partial charge in [0.15, 0.2) is 0 Å². The second-order valence-electron chi connectivity index (χ2n) is 3.30. The first-order valence-electron chi connectivity index (χ1n) is 5.11. The molecule has 0 unspecified atom stereocenters. The summed E-state index contributed by atoms with van der Waals surface area (Å²) in [6, 6.07) is 0. The van der Waals surface area contributed by atoms with Crippen LogP contribution in [0, 0.1) is 6.92 Å². The minimum atomic E-state index is 0.0538. The molecule has 0 bridgehead atoms. The van der Waals surface area contributed by atoms with Crippen molar-refractivity contribution < 1.29 is 4.79 Å². The molecule has 0 atom stereocenters. The Morgan fingerprint density at radius 3 is 3.00 bits per heavy atom. The maximum atomic E-state index is 11.2. The number of nitrogens with one attached hydrogen (secondary N) is 2. The number of carbonyl (C=O) groups is 1. The molecule has 1 heterocycles. The van der Waals surface area contributed by atoms with Crippen molar-refractivity contribution in [2.24, 2.45) is 0 Å². The van der Waals surface area contributed by atoms with Crippen LogP contribution in [-0.2, 0) is 11.3 Å². The third-order valence-electron chi connectivity index (χ3n) is 1.83. The Bertz CT molecular complexity index is 311. The molecule has 5 heteroatoms. The molecule has 0 fully saturated rings. The van der Waals surface area contributed by atoms with E-state index in [4.69, 9.17) is 0 Å². The lowest BCUT2D eigenvalue weighted by Crippen LogP contribution is -2.33. The summed E-state index contributed by atoms with van der Waals surface area (Å²) in [4.78, 5) is 16.5. The van der Waals surface area contributed by atoms with Crippen LogP contribution in [0.15, 0.2) is 6.20 Å². The first-order chi connectivity index (χ1) is 7.22. The van der Waals surface area contributed by atoms with Gasteiger partial charge in [0.05, 0.1) is 11.6 Å². The normalized spacial score (nSPS) is 10.3. The Balaban J connectivity index is 2.13. The van der Waals surface area contributed by atoms with Gasteiger partial charge in [0, 0.05) is 24.2 Å². The molecule has 1 amide bonds. The fourth-order valence-electron chi connectivity index (χ4n) is 1.11. The van der Waals surface area contributed by atoms with Gasteiger partial charge < -0.3 is 10.6 Å². The van der Waals surface area contributed by atoms with E-state index in [-0.39, 0.29) is 5.91 Å². The SMILES string of the molecule is CCCNC(=O)CNCc1cnc(C)s1. The van der Waals surface area contributed by atoms with Gasteiger partial charge in [-0.05, 0) is 13.3 Å². The van der Waals surface area contributed by atoms with Gasteiger partial charge in [-0.25, -0.2) is 4.98 Å². The number of nitrogens with zero attached hydrogens (tertiary/aromatic N) is 1. The first-order valence-corrected chi connectivity index (χ1v) is 5.92. The Hall–Kier alpha value is -0.940. The fourth-order valence-corrected chi connectivity index (χ4v) is 1.88. The molecule has 84 valence electrons. The summed E-state index contributed by atoms with van der Waals surface area (Å²) < 4.78 is 0. The van der Waals surface area contributed by atoms with Gasteiger partial charge >= 0.3 is 0 Å². The highest BCUT2D eigenvalue weighted by Crippen LogP contribution is 2.10. The maximum absolute atomic E-state index is 11.2. The molecule has 1 aromatic heterocycles. The summed E-state index contributed by atoms with van der Waals surface area (Å²) >= 11 is 1.65. The molecule has 0 aliphatic rings. The number of aryl methyl sites for hydroxylation is 1. The molecule has 4 nitrogen and oxygen atoms in total. The van der Waals surface area contributed by atoms with Crippen molar-refractivity contribution in [1.82, 2.24) is 15.6 Å². The van der Waals surface area contributed by atoms with E-state index >= 15 is 0 Å². The Labute approximate surface area is 94.1 Å². The van der Waals surface area contributed by atoms with Crippen molar-refractivity contribution in [2.45, 2.75) is 26.8 Å². The molecular weight excluding hydrogens is 210 g/mol. The smallest absolute Gasteiger partial charge is 0.233 e. The monoisotopic (exact) mass is 227 g/mol. The second-order valence-corrected chi connectivity index (χ2v) is 4.62. The number of carbonyl (C=O) groups excluding carboxylic acids is 1. The van der Waals surface area contributed by atoms with Crippen molar-refractivity contribution in [3.8, 4) is 0 Å². The van der Waals surface area contributed by atoms with Crippen LogP contribution in [0.2, 0.25) is 0 Å². The first kappa shape index (κ1) is 12.1. The third-order valence-corrected chi connectivity index (χ3v) is 2.74. The predicted molar refractivity (Wildman–Crippen MR) is 61.9 cm³/mol. The van der Waals surface area contributed by atoms with Gasteiger partial charge in [0.25, 0.3) is 0 Å². The average Bonchev–Trinajstić information content (AvgIpc) is 2.61. The number of thiazole rings is 1. The number of aromatic nitrogens is 1. The fraction of sp³-hybridized carbons (Fsp3) is 0.600. The summed E-state index contributed by atoms with van der Waals surface area (Å²) in [5, 5.41) is 6.95. The van der Waals surface area contributed by atoms with Crippen LogP contribution >= 0.6 is 11.3 Å². The summed E-state index contributed by atoms with van der Waals surface area (Å²) in [5.74, 6) is 0.0538. The van der Waals surface area contributed by atoms with Crippen LogP contribution in [0.1, 0.15) is 23.2 Å². The van der Waals surface area contributed by atoms with Crippen molar-refractivity contribution in [3.63, 3.8) is 0 Å². The largest absolute Gasteiger partial charge is 0.355 e. The van der Waals surface area contributed by atoms with Crippen LogP contribution in [0.5, 0.6) is 0 Å². The molecule has 0 saturated carbocycles. The van der Waals surface area contributed by atoms with Crippen molar-refractivity contribution >= 4 is 17.2 Å². The molecule has 0 radical (unpaired) electrons. The van der Waals surface area contributed by atoms with Gasteiger partial charge in [-0.2, -0.15) is 0 Å². The van der Waals surface area contributed by atoms with E-state index in [1.165, 1.54) is 0 Å². The van der Waals surface area contributed by atoms with Crippen molar-refractivity contribution in [3.05, 3.63) is 16.1 Å². The van der Waals surface area contributed by atoms with E-state index in [9.17, 15) is 4.79 Å². The van der Waals surface area contributed by atoms with Crippen molar-refractivity contribution in [2.75, 3.05) is 13.1 Å². The molecule has 15 heavy (non-hydrogen) atoms. The highest BCUT2D eigenvalue weighted by Gasteiger charge is 2.00. The number of hydrogen-bond donors (Lipinski definition) is 2. The molecule has 0 aliphatic carbocycles. The van der Waals surface area contributed by atoms with Gasteiger partial charge in [0.2, 0.25) is 5.91 Å². The Kier molecular flexibility index (Phi) is 5.28. The highest BCUT2D eigenvalue weighted by molar-refractivity contribution is 7.11. The minimum absolute atomic E-state index is 0.0538. The third kappa shape index (κ3) is 4.90. The summed E-state index contributed by atoms with van der Waals surface area (Å²) in [7, 11) is 0. The van der Waals surface area contributed by atoms with Gasteiger partial charge in [-0.15, -0.1) is 11.3 Å². The lowest BCUT2D eigenvalue weighted by Gasteiger charge is -2.03. The highest BCUT2D eigenvalue weighted by atomic mass is 32.1. The molecule has 2 N–H and O–H groups in total. The molecule has 1 rings (SSSR count). The Morgan fingerprint density at radius 1 is 1.60 bits per heavy atom. The van der Waals surface area contributed by atoms with Crippen molar-refractivity contribution in [1.29, 1.82) is 0 Å². The number of amides is 1. The zero-order valence-corrected chi connectivity index (χ0v) is 9.99. The molecular formula is C10H17N3OS.